The summed E-state index contributed by atoms with van der Waals surface area (Å²) in [4.78, 5) is 17.7. The van der Waals surface area contributed by atoms with Gasteiger partial charge in [-0.3, -0.25) is 9.69 Å². The van der Waals surface area contributed by atoms with E-state index in [1.165, 1.54) is 19.3 Å². The van der Waals surface area contributed by atoms with Gasteiger partial charge in [-0.05, 0) is 85.3 Å². The van der Waals surface area contributed by atoms with Gasteiger partial charge in [-0.1, -0.05) is 67.6 Å². The minimum absolute atomic E-state index is 0.0363. The van der Waals surface area contributed by atoms with Gasteiger partial charge in [0.05, 0.1) is 18.8 Å². The highest BCUT2D eigenvalue weighted by atomic mass is 19.2. The number of likely N-dealkylation sites (tertiary alicyclic amines) is 2. The first-order chi connectivity index (χ1) is 26.1. The van der Waals surface area contributed by atoms with Crippen molar-refractivity contribution in [3.8, 4) is 11.1 Å². The van der Waals surface area contributed by atoms with Crippen molar-refractivity contribution in [1.29, 1.82) is 0 Å². The van der Waals surface area contributed by atoms with Gasteiger partial charge in [0.25, 0.3) is 5.91 Å². The van der Waals surface area contributed by atoms with E-state index in [1.54, 1.807) is 18.2 Å². The molecule has 4 aromatic carbocycles. The quantitative estimate of drug-likeness (QED) is 0.0926. The Morgan fingerprint density at radius 2 is 1.43 bits per heavy atom. The van der Waals surface area contributed by atoms with Crippen LogP contribution >= 0.6 is 0 Å². The van der Waals surface area contributed by atoms with Crippen molar-refractivity contribution in [3.05, 3.63) is 130 Å². The maximum absolute atomic E-state index is 14.2. The van der Waals surface area contributed by atoms with E-state index in [9.17, 15) is 31.9 Å². The summed E-state index contributed by atoms with van der Waals surface area (Å²) < 4.78 is 82.9. The molecule has 3 aliphatic rings. The van der Waals surface area contributed by atoms with Crippen LogP contribution in [0.3, 0.4) is 0 Å². The third-order valence-corrected chi connectivity index (χ3v) is 11.0. The summed E-state index contributed by atoms with van der Waals surface area (Å²) in [6.07, 6.45) is 3.77. The Labute approximate surface area is 311 Å². The highest BCUT2D eigenvalue weighted by Gasteiger charge is 2.41. The molecular formula is C42H44F5N3O4. The van der Waals surface area contributed by atoms with Crippen LogP contribution in [0.5, 0.6) is 0 Å². The minimum Gasteiger partial charge on any atom is -0.392 e. The second-order valence-corrected chi connectivity index (χ2v) is 14.6. The first-order valence-electron chi connectivity index (χ1n) is 18.6. The van der Waals surface area contributed by atoms with E-state index in [0.29, 0.717) is 11.6 Å². The molecule has 0 saturated carbocycles. The Kier molecular flexibility index (Phi) is 11.8. The maximum atomic E-state index is 14.2. The molecule has 0 radical (unpaired) electrons. The Hall–Kier alpha value is -4.20. The van der Waals surface area contributed by atoms with Crippen LogP contribution in [0.4, 0.5) is 22.0 Å². The summed E-state index contributed by atoms with van der Waals surface area (Å²) in [7, 11) is 0. The molecule has 286 valence electrons. The SMILES string of the molecule is C[C@@H]1[C@H](CN2CCC[C@H]2CN2CCCC2)O[C@H](c2cccc(-c3cccc(CNC(=O)c4c(F)c(F)c(F)c(F)c4F)c3)c2)O[C@@H]1c1ccc(CO)cc1. The van der Waals surface area contributed by atoms with E-state index in [0.717, 1.165) is 67.0 Å². The number of nitrogens with one attached hydrogen (secondary N) is 1. The molecule has 3 saturated heterocycles. The van der Waals surface area contributed by atoms with Crippen molar-refractivity contribution in [1.82, 2.24) is 15.1 Å². The van der Waals surface area contributed by atoms with E-state index < -0.39 is 46.8 Å². The number of halogens is 5. The van der Waals surface area contributed by atoms with Gasteiger partial charge in [0.2, 0.25) is 5.82 Å². The van der Waals surface area contributed by atoms with E-state index in [-0.39, 0.29) is 31.3 Å². The van der Waals surface area contributed by atoms with E-state index >= 15 is 0 Å². The highest BCUT2D eigenvalue weighted by Crippen LogP contribution is 2.43. The smallest absolute Gasteiger partial charge is 0.257 e. The third-order valence-electron chi connectivity index (χ3n) is 11.0. The van der Waals surface area contributed by atoms with Gasteiger partial charge in [-0.25, -0.2) is 22.0 Å². The van der Waals surface area contributed by atoms with Crippen LogP contribution in [0.25, 0.3) is 11.1 Å². The Morgan fingerprint density at radius 3 is 2.13 bits per heavy atom. The number of hydrogen-bond donors (Lipinski definition) is 2. The number of nitrogens with zero attached hydrogens (tertiary/aromatic N) is 2. The summed E-state index contributed by atoms with van der Waals surface area (Å²) in [5.41, 5.74) is 3.21. The average molecular weight is 750 g/mol. The fourth-order valence-corrected chi connectivity index (χ4v) is 7.97. The van der Waals surface area contributed by atoms with Gasteiger partial charge in [0.1, 0.15) is 5.56 Å². The van der Waals surface area contributed by atoms with E-state index in [2.05, 4.69) is 22.0 Å². The minimum atomic E-state index is -2.33. The average Bonchev–Trinajstić information content (AvgIpc) is 3.89. The zero-order valence-electron chi connectivity index (χ0n) is 30.0. The number of amides is 1. The molecule has 4 aromatic rings. The van der Waals surface area contributed by atoms with Gasteiger partial charge in [-0.2, -0.15) is 0 Å². The predicted octanol–water partition coefficient (Wildman–Crippen LogP) is 7.82. The number of aliphatic hydroxyl groups excluding tert-OH is 1. The molecule has 0 unspecified atom stereocenters. The number of hydrogen-bond acceptors (Lipinski definition) is 6. The zero-order chi connectivity index (χ0) is 37.9. The van der Waals surface area contributed by atoms with Crippen LogP contribution in [0.1, 0.15) is 77.6 Å². The van der Waals surface area contributed by atoms with Crippen LogP contribution in [0.2, 0.25) is 0 Å². The summed E-state index contributed by atoms with van der Waals surface area (Å²) in [6, 6.07) is 23.1. The predicted molar refractivity (Wildman–Crippen MR) is 193 cm³/mol. The third kappa shape index (κ3) is 8.08. The second-order valence-electron chi connectivity index (χ2n) is 14.6. The molecule has 0 aliphatic carbocycles. The monoisotopic (exact) mass is 749 g/mol. The summed E-state index contributed by atoms with van der Waals surface area (Å²) >= 11 is 0. The van der Waals surface area contributed by atoms with Crippen molar-refractivity contribution in [2.75, 3.05) is 32.7 Å². The molecule has 0 aromatic heterocycles. The molecule has 3 heterocycles. The first kappa shape index (κ1) is 38.1. The number of carbonyl (C=O) groups is 1. The fraction of sp³-hybridized carbons (Fsp3) is 0.405. The normalized spacial score (nSPS) is 23.6. The van der Waals surface area contributed by atoms with Crippen LogP contribution in [-0.2, 0) is 22.6 Å². The molecule has 5 atom stereocenters. The highest BCUT2D eigenvalue weighted by molar-refractivity contribution is 5.94. The summed E-state index contributed by atoms with van der Waals surface area (Å²) in [5, 5.41) is 11.9. The van der Waals surface area contributed by atoms with Crippen LogP contribution in [0.15, 0.2) is 72.8 Å². The van der Waals surface area contributed by atoms with Crippen molar-refractivity contribution in [3.63, 3.8) is 0 Å². The molecule has 3 aliphatic heterocycles. The van der Waals surface area contributed by atoms with Crippen molar-refractivity contribution in [2.45, 2.75) is 70.3 Å². The molecule has 3 fully saturated rings. The van der Waals surface area contributed by atoms with Gasteiger partial charge in [-0.15, -0.1) is 0 Å². The molecular weight excluding hydrogens is 705 g/mol. The van der Waals surface area contributed by atoms with Gasteiger partial charge >= 0.3 is 0 Å². The van der Waals surface area contributed by atoms with Gasteiger partial charge < -0.3 is 24.8 Å². The Morgan fingerprint density at radius 1 is 0.759 bits per heavy atom. The van der Waals surface area contributed by atoms with Crippen LogP contribution in [-0.4, -0.2) is 65.7 Å². The molecule has 2 N–H and O–H groups in total. The number of aliphatic hydroxyl groups is 1. The molecule has 7 rings (SSSR count). The summed E-state index contributed by atoms with van der Waals surface area (Å²) in [5.74, 6) is -12.5. The van der Waals surface area contributed by atoms with Gasteiger partial charge in [0, 0.05) is 37.2 Å². The number of carbonyl (C=O) groups excluding carboxylic acids is 1. The lowest BCUT2D eigenvalue weighted by molar-refractivity contribution is -0.276. The Bertz CT molecular complexity index is 1930. The van der Waals surface area contributed by atoms with Gasteiger partial charge in [0.15, 0.2) is 29.6 Å². The second kappa shape index (κ2) is 16.7. The molecule has 0 spiro atoms. The van der Waals surface area contributed by atoms with Crippen LogP contribution in [0, 0.1) is 35.0 Å². The standard InChI is InChI=1S/C42H44F5N3O4/c1-25-33(23-50-18-6-11-32(50)22-49-16-2-3-17-49)53-42(54-40(25)28-14-12-26(24-51)13-15-28)31-10-5-9-30(20-31)29-8-4-7-27(19-29)21-48-41(52)34-35(43)37(45)39(47)38(46)36(34)44/h4-5,7-10,12-15,19-20,25,32-33,40,42,51H,2-3,6,11,16-18,21-24H2,1H3,(H,48,52)/t25-,32+,33+,40+,42+/m1/s1. The number of rotatable bonds is 11. The summed E-state index contributed by atoms with van der Waals surface area (Å²) in [6.45, 7) is 7.10. The fourth-order valence-electron chi connectivity index (χ4n) is 7.97. The zero-order valence-corrected chi connectivity index (χ0v) is 30.0. The molecule has 1 amide bonds. The number of ether oxygens (including phenoxy) is 2. The largest absolute Gasteiger partial charge is 0.392 e. The van der Waals surface area contributed by atoms with E-state index in [4.69, 9.17) is 9.47 Å². The Balaban J connectivity index is 1.10. The molecule has 0 bridgehead atoms. The van der Waals surface area contributed by atoms with Crippen molar-refractivity contribution < 1.29 is 41.3 Å². The lowest BCUT2D eigenvalue weighted by Gasteiger charge is -2.43. The van der Waals surface area contributed by atoms with Crippen LogP contribution < -0.4 is 5.32 Å². The maximum Gasteiger partial charge on any atom is 0.257 e. The van der Waals surface area contributed by atoms with E-state index in [1.807, 2.05) is 54.6 Å². The lowest BCUT2D eigenvalue weighted by atomic mass is 9.89. The molecule has 12 heteroatoms. The molecule has 7 nitrogen and oxygen atoms in total. The van der Waals surface area contributed by atoms with Crippen molar-refractivity contribution in [2.24, 2.45) is 5.92 Å². The first-order valence-corrected chi connectivity index (χ1v) is 18.6. The van der Waals surface area contributed by atoms with Crippen molar-refractivity contribution >= 4 is 5.91 Å². The topological polar surface area (TPSA) is 74.3 Å². The molecule has 54 heavy (non-hydrogen) atoms. The lowest BCUT2D eigenvalue weighted by Crippen LogP contribution is -2.48. The number of benzene rings is 4.